The van der Waals surface area contributed by atoms with Gasteiger partial charge in [-0.25, -0.2) is 15.2 Å². The summed E-state index contributed by atoms with van der Waals surface area (Å²) < 4.78 is 0. The summed E-state index contributed by atoms with van der Waals surface area (Å²) in [6.07, 6.45) is 0.942. The third kappa shape index (κ3) is 8.58. The first-order valence-corrected chi connectivity index (χ1v) is 9.89. The number of benzene rings is 1. The Morgan fingerprint density at radius 2 is 1.78 bits per heavy atom. The normalized spacial score (nSPS) is 12.3. The minimum Gasteiger partial charge on any atom is -0.481 e. The van der Waals surface area contributed by atoms with E-state index < -0.39 is 36.3 Å². The number of primary amides is 1. The molecule has 0 radical (unpaired) electrons. The number of carbonyl (C=O) groups excluding carboxylic acids is 3. The number of carbonyl (C=O) groups is 4. The van der Waals surface area contributed by atoms with E-state index in [1.165, 1.54) is 0 Å². The summed E-state index contributed by atoms with van der Waals surface area (Å²) in [7, 11) is 0. The van der Waals surface area contributed by atoms with Gasteiger partial charge in [-0.15, -0.1) is 0 Å². The van der Waals surface area contributed by atoms with Crippen molar-refractivity contribution in [2.24, 2.45) is 5.73 Å². The number of anilines is 1. The SMILES string of the molecule is NC(=O)[C@H](CC(=O)O)NNC(=O)NC(=O)CC(CNc1ccccn1)c1ccc(Cl)cc1. The molecule has 0 aliphatic heterocycles. The van der Waals surface area contributed by atoms with Crippen molar-refractivity contribution < 1.29 is 24.3 Å². The Morgan fingerprint density at radius 1 is 1.06 bits per heavy atom. The van der Waals surface area contributed by atoms with E-state index >= 15 is 0 Å². The number of imide groups is 1. The van der Waals surface area contributed by atoms with E-state index in [0.29, 0.717) is 17.4 Å². The van der Waals surface area contributed by atoms with Gasteiger partial charge in [-0.05, 0) is 29.8 Å². The number of hydrogen-bond donors (Lipinski definition) is 6. The molecule has 32 heavy (non-hydrogen) atoms. The maximum Gasteiger partial charge on any atom is 0.335 e. The second-order valence-electron chi connectivity index (χ2n) is 6.75. The zero-order valence-electron chi connectivity index (χ0n) is 16.9. The number of hydrazine groups is 1. The number of nitrogens with one attached hydrogen (secondary N) is 4. The number of carboxylic acid groups (broad SMARTS) is 1. The zero-order chi connectivity index (χ0) is 23.5. The number of nitrogens with two attached hydrogens (primary N) is 1. The molecule has 1 aromatic heterocycles. The van der Waals surface area contributed by atoms with Gasteiger partial charge < -0.3 is 16.2 Å². The van der Waals surface area contributed by atoms with Crippen molar-refractivity contribution in [2.45, 2.75) is 24.8 Å². The Labute approximate surface area is 188 Å². The molecule has 4 amide bonds. The molecule has 2 aromatic rings. The van der Waals surface area contributed by atoms with Crippen LogP contribution in [0.4, 0.5) is 10.6 Å². The van der Waals surface area contributed by atoms with Crippen molar-refractivity contribution in [3.63, 3.8) is 0 Å². The maximum absolute atomic E-state index is 12.4. The smallest absolute Gasteiger partial charge is 0.335 e. The first-order valence-electron chi connectivity index (χ1n) is 9.51. The molecule has 0 aliphatic rings. The third-order valence-electron chi connectivity index (χ3n) is 4.30. The Hall–Kier alpha value is -3.70. The van der Waals surface area contributed by atoms with Gasteiger partial charge >= 0.3 is 12.0 Å². The predicted molar refractivity (Wildman–Crippen MR) is 117 cm³/mol. The molecule has 2 atom stereocenters. The van der Waals surface area contributed by atoms with Crippen LogP contribution in [0.3, 0.4) is 0 Å². The molecule has 11 nitrogen and oxygen atoms in total. The van der Waals surface area contributed by atoms with E-state index in [1.807, 2.05) is 6.07 Å². The Morgan fingerprint density at radius 3 is 2.38 bits per heavy atom. The molecule has 7 N–H and O–H groups in total. The zero-order valence-corrected chi connectivity index (χ0v) is 17.6. The number of halogens is 1. The fourth-order valence-electron chi connectivity index (χ4n) is 2.72. The quantitative estimate of drug-likeness (QED) is 0.268. The number of aromatic nitrogens is 1. The Balaban J connectivity index is 1.96. The highest BCUT2D eigenvalue weighted by atomic mass is 35.5. The lowest BCUT2D eigenvalue weighted by Crippen LogP contribution is -2.54. The molecule has 0 spiro atoms. The molecule has 0 aliphatic carbocycles. The van der Waals surface area contributed by atoms with E-state index in [9.17, 15) is 19.2 Å². The van der Waals surface area contributed by atoms with Crippen molar-refractivity contribution in [1.29, 1.82) is 0 Å². The molecule has 0 fully saturated rings. The van der Waals surface area contributed by atoms with Crippen LogP contribution < -0.4 is 27.2 Å². The average Bonchev–Trinajstić information content (AvgIpc) is 2.75. The fraction of sp³-hybridized carbons (Fsp3) is 0.250. The van der Waals surface area contributed by atoms with Crippen LogP contribution in [0.1, 0.15) is 24.3 Å². The van der Waals surface area contributed by atoms with E-state index in [4.69, 9.17) is 22.4 Å². The number of rotatable bonds is 11. The number of nitrogens with zero attached hydrogens (tertiary/aromatic N) is 1. The number of hydrogen-bond acceptors (Lipinski definition) is 7. The summed E-state index contributed by atoms with van der Waals surface area (Å²) in [6, 6.07) is 10.1. The first kappa shape index (κ1) is 24.6. The molecule has 0 saturated carbocycles. The molecule has 12 heteroatoms. The van der Waals surface area contributed by atoms with Crippen LogP contribution in [0.2, 0.25) is 5.02 Å². The molecule has 0 saturated heterocycles. The Kier molecular flexibility index (Phi) is 9.39. The summed E-state index contributed by atoms with van der Waals surface area (Å²) in [5.41, 5.74) is 10.1. The van der Waals surface area contributed by atoms with Crippen LogP contribution in [0.15, 0.2) is 48.7 Å². The molecule has 170 valence electrons. The number of amides is 4. The monoisotopic (exact) mass is 462 g/mol. The largest absolute Gasteiger partial charge is 0.481 e. The van der Waals surface area contributed by atoms with Gasteiger partial charge in [-0.2, -0.15) is 0 Å². The number of pyridine rings is 1. The second kappa shape index (κ2) is 12.2. The number of aliphatic carboxylic acids is 1. The van der Waals surface area contributed by atoms with Gasteiger partial charge in [0.25, 0.3) is 0 Å². The number of carboxylic acids is 1. The van der Waals surface area contributed by atoms with Crippen LogP contribution in [0.25, 0.3) is 0 Å². The van der Waals surface area contributed by atoms with Crippen LogP contribution in [0.5, 0.6) is 0 Å². The van der Waals surface area contributed by atoms with E-state index in [1.54, 1.807) is 42.6 Å². The molecular weight excluding hydrogens is 440 g/mol. The van der Waals surface area contributed by atoms with Crippen LogP contribution in [0, 0.1) is 0 Å². The fourth-order valence-corrected chi connectivity index (χ4v) is 2.85. The molecule has 1 aromatic carbocycles. The summed E-state index contributed by atoms with van der Waals surface area (Å²) in [5.74, 6) is -2.54. The topological polar surface area (TPSA) is 176 Å². The summed E-state index contributed by atoms with van der Waals surface area (Å²) >= 11 is 5.94. The van der Waals surface area contributed by atoms with Gasteiger partial charge in [-0.3, -0.25) is 25.1 Å². The molecular formula is C20H23ClN6O5. The Bertz CT molecular complexity index is 941. The van der Waals surface area contributed by atoms with Crippen LogP contribution >= 0.6 is 11.6 Å². The lowest BCUT2D eigenvalue weighted by molar-refractivity contribution is -0.139. The minimum absolute atomic E-state index is 0.0523. The van der Waals surface area contributed by atoms with Gasteiger partial charge in [0.15, 0.2) is 0 Å². The van der Waals surface area contributed by atoms with Crippen molar-refractivity contribution in [3.8, 4) is 0 Å². The van der Waals surface area contributed by atoms with Crippen molar-refractivity contribution in [1.82, 2.24) is 21.2 Å². The highest BCUT2D eigenvalue weighted by Crippen LogP contribution is 2.22. The van der Waals surface area contributed by atoms with Crippen LogP contribution in [-0.4, -0.2) is 46.5 Å². The van der Waals surface area contributed by atoms with Crippen LogP contribution in [-0.2, 0) is 14.4 Å². The summed E-state index contributed by atoms with van der Waals surface area (Å²) in [5, 5.41) is 14.6. The highest BCUT2D eigenvalue weighted by Gasteiger charge is 2.21. The minimum atomic E-state index is -1.34. The van der Waals surface area contributed by atoms with Gasteiger partial charge in [-0.1, -0.05) is 29.8 Å². The van der Waals surface area contributed by atoms with Gasteiger partial charge in [0.2, 0.25) is 11.8 Å². The predicted octanol–water partition coefficient (Wildman–Crippen LogP) is 0.980. The standard InChI is InChI=1S/C20H23ClN6O5/c21-14-6-4-12(5-7-14)13(11-24-16-3-1-2-8-23-16)9-17(28)25-20(32)27-26-15(19(22)31)10-18(29)30/h1-8,13,15,26H,9-11H2,(H2,22,31)(H,23,24)(H,29,30)(H2,25,27,28,32)/t13?,15-/m0/s1. The van der Waals surface area contributed by atoms with Crippen molar-refractivity contribution in [2.75, 3.05) is 11.9 Å². The molecule has 0 bridgehead atoms. The van der Waals surface area contributed by atoms with Gasteiger partial charge in [0.1, 0.15) is 11.9 Å². The van der Waals surface area contributed by atoms with Gasteiger partial charge in [0.05, 0.1) is 6.42 Å². The summed E-state index contributed by atoms with van der Waals surface area (Å²) in [6.45, 7) is 0.355. The lowest BCUT2D eigenvalue weighted by atomic mass is 9.95. The van der Waals surface area contributed by atoms with Crippen molar-refractivity contribution >= 4 is 41.2 Å². The van der Waals surface area contributed by atoms with E-state index in [-0.39, 0.29) is 12.3 Å². The first-order chi connectivity index (χ1) is 15.2. The van der Waals surface area contributed by atoms with E-state index in [0.717, 1.165) is 5.56 Å². The summed E-state index contributed by atoms with van der Waals surface area (Å²) in [4.78, 5) is 50.5. The maximum atomic E-state index is 12.4. The molecule has 2 rings (SSSR count). The van der Waals surface area contributed by atoms with Gasteiger partial charge in [0, 0.05) is 30.1 Å². The lowest BCUT2D eigenvalue weighted by Gasteiger charge is -2.19. The molecule has 1 heterocycles. The number of urea groups is 1. The second-order valence-corrected chi connectivity index (χ2v) is 7.18. The van der Waals surface area contributed by atoms with Crippen molar-refractivity contribution in [3.05, 3.63) is 59.2 Å². The van der Waals surface area contributed by atoms with E-state index in [2.05, 4.69) is 26.5 Å². The highest BCUT2D eigenvalue weighted by molar-refractivity contribution is 6.30. The third-order valence-corrected chi connectivity index (χ3v) is 4.55. The molecule has 1 unspecified atom stereocenters. The average molecular weight is 463 g/mol.